The summed E-state index contributed by atoms with van der Waals surface area (Å²) in [4.78, 5) is 0. The number of hydrogen-bond donors (Lipinski definition) is 0. The Morgan fingerprint density at radius 3 is 2.31 bits per heavy atom. The van der Waals surface area contributed by atoms with Crippen LogP contribution in [0.3, 0.4) is 0 Å². The molecule has 0 amide bonds. The fourth-order valence-electron chi connectivity index (χ4n) is 1.02. The van der Waals surface area contributed by atoms with Crippen molar-refractivity contribution >= 4 is 11.6 Å². The van der Waals surface area contributed by atoms with Crippen LogP contribution in [0.2, 0.25) is 5.02 Å². The van der Waals surface area contributed by atoms with E-state index in [1.165, 1.54) is 0 Å². The van der Waals surface area contributed by atoms with E-state index in [2.05, 4.69) is 6.07 Å². The van der Waals surface area contributed by atoms with Crippen LogP contribution in [-0.2, 0) is 0 Å². The monoisotopic (exact) mass is 190 g/mol. The maximum Gasteiger partial charge on any atom is 0.0842 e. The molecule has 1 rings (SSSR count). The van der Waals surface area contributed by atoms with Crippen molar-refractivity contribution in [2.75, 3.05) is 0 Å². The lowest BCUT2D eigenvalue weighted by molar-refractivity contribution is 0.887. The molecule has 13 heavy (non-hydrogen) atoms. The smallest absolute Gasteiger partial charge is 0.0842 e. The van der Waals surface area contributed by atoms with Crippen molar-refractivity contribution in [2.45, 2.75) is 12.3 Å². The lowest BCUT2D eigenvalue weighted by Gasteiger charge is -2.03. The van der Waals surface area contributed by atoms with Gasteiger partial charge in [-0.25, -0.2) is 0 Å². The number of rotatable bonds is 2. The van der Waals surface area contributed by atoms with Gasteiger partial charge in [-0.3, -0.25) is 0 Å². The predicted octanol–water partition coefficient (Wildman–Crippen LogP) is 2.86. The van der Waals surface area contributed by atoms with Gasteiger partial charge in [-0.1, -0.05) is 23.7 Å². The molecule has 0 N–H and O–H groups in total. The van der Waals surface area contributed by atoms with Crippen molar-refractivity contribution in [3.63, 3.8) is 0 Å². The molecule has 0 fully saturated rings. The van der Waals surface area contributed by atoms with Crippen LogP contribution in [0.25, 0.3) is 0 Å². The highest BCUT2D eigenvalue weighted by Crippen LogP contribution is 2.20. The van der Waals surface area contributed by atoms with Crippen LogP contribution >= 0.6 is 11.6 Å². The normalized spacial score (nSPS) is 11.3. The Hall–Kier alpha value is -1.51. The van der Waals surface area contributed by atoms with E-state index in [1.807, 2.05) is 6.07 Å². The molecule has 1 aromatic rings. The second-order valence-electron chi connectivity index (χ2n) is 2.60. The minimum Gasteiger partial charge on any atom is -0.198 e. The highest BCUT2D eigenvalue weighted by Gasteiger charge is 2.08. The van der Waals surface area contributed by atoms with Gasteiger partial charge >= 0.3 is 0 Å². The molecule has 3 heteroatoms. The Kier molecular flexibility index (Phi) is 3.31. The molecule has 2 nitrogen and oxygen atoms in total. The van der Waals surface area contributed by atoms with Gasteiger partial charge in [0.2, 0.25) is 0 Å². The molecule has 0 aromatic heterocycles. The first kappa shape index (κ1) is 9.58. The number of halogens is 1. The van der Waals surface area contributed by atoms with Crippen molar-refractivity contribution in [3.8, 4) is 12.1 Å². The van der Waals surface area contributed by atoms with Crippen molar-refractivity contribution in [3.05, 3.63) is 34.9 Å². The van der Waals surface area contributed by atoms with Gasteiger partial charge in [0.25, 0.3) is 0 Å². The molecule has 0 bridgehead atoms. The van der Waals surface area contributed by atoms with Gasteiger partial charge in [-0.2, -0.15) is 10.5 Å². The van der Waals surface area contributed by atoms with Crippen LogP contribution in [0.1, 0.15) is 17.9 Å². The van der Waals surface area contributed by atoms with E-state index in [1.54, 1.807) is 24.3 Å². The number of nitriles is 2. The molecule has 0 heterocycles. The fraction of sp³-hybridized carbons (Fsp3) is 0.200. The minimum atomic E-state index is -0.345. The van der Waals surface area contributed by atoms with Crippen LogP contribution in [0.5, 0.6) is 0 Å². The van der Waals surface area contributed by atoms with Gasteiger partial charge in [0.1, 0.15) is 0 Å². The Morgan fingerprint density at radius 1 is 1.23 bits per heavy atom. The lowest BCUT2D eigenvalue weighted by atomic mass is 9.98. The highest BCUT2D eigenvalue weighted by atomic mass is 35.5. The average Bonchev–Trinajstić information content (AvgIpc) is 2.16. The van der Waals surface area contributed by atoms with Crippen LogP contribution in [0, 0.1) is 22.7 Å². The first-order valence-electron chi connectivity index (χ1n) is 3.80. The lowest BCUT2D eigenvalue weighted by Crippen LogP contribution is -1.93. The zero-order chi connectivity index (χ0) is 9.68. The van der Waals surface area contributed by atoms with Crippen molar-refractivity contribution in [1.29, 1.82) is 10.5 Å². The number of nitrogens with zero attached hydrogens (tertiary/aromatic N) is 2. The third kappa shape index (κ3) is 2.47. The molecule has 0 spiro atoms. The maximum atomic E-state index is 8.75. The number of benzene rings is 1. The van der Waals surface area contributed by atoms with Gasteiger partial charge in [0.15, 0.2) is 0 Å². The van der Waals surface area contributed by atoms with E-state index >= 15 is 0 Å². The average molecular weight is 191 g/mol. The zero-order valence-corrected chi connectivity index (χ0v) is 7.62. The van der Waals surface area contributed by atoms with Crippen LogP contribution in [0.4, 0.5) is 0 Å². The fourth-order valence-corrected chi connectivity index (χ4v) is 1.15. The van der Waals surface area contributed by atoms with Crippen LogP contribution < -0.4 is 0 Å². The molecule has 0 saturated heterocycles. The summed E-state index contributed by atoms with van der Waals surface area (Å²) >= 11 is 5.69. The van der Waals surface area contributed by atoms with E-state index in [0.717, 1.165) is 5.56 Å². The maximum absolute atomic E-state index is 8.75. The zero-order valence-electron chi connectivity index (χ0n) is 6.87. The summed E-state index contributed by atoms with van der Waals surface area (Å²) in [5.74, 6) is -0.345. The molecule has 1 atom stereocenters. The minimum absolute atomic E-state index is 0.220. The Balaban J connectivity index is 2.89. The van der Waals surface area contributed by atoms with E-state index < -0.39 is 0 Å². The molecular weight excluding hydrogens is 184 g/mol. The second-order valence-corrected chi connectivity index (χ2v) is 3.03. The summed E-state index contributed by atoms with van der Waals surface area (Å²) in [6.45, 7) is 0. The third-order valence-electron chi connectivity index (χ3n) is 1.72. The summed E-state index contributed by atoms with van der Waals surface area (Å²) in [6.07, 6.45) is 0.220. The number of hydrogen-bond acceptors (Lipinski definition) is 2. The largest absolute Gasteiger partial charge is 0.198 e. The van der Waals surface area contributed by atoms with Gasteiger partial charge in [-0.05, 0) is 17.7 Å². The van der Waals surface area contributed by atoms with E-state index in [0.29, 0.717) is 5.02 Å². The van der Waals surface area contributed by atoms with Crippen molar-refractivity contribution < 1.29 is 0 Å². The first-order valence-corrected chi connectivity index (χ1v) is 4.17. The van der Waals surface area contributed by atoms with Gasteiger partial charge in [0, 0.05) is 5.02 Å². The molecule has 64 valence electrons. The van der Waals surface area contributed by atoms with E-state index in [-0.39, 0.29) is 12.3 Å². The standard InChI is InChI=1S/C10H7ClN2/c11-10-3-1-8(2-4-10)9(7-13)5-6-12/h1-4,9H,5H2/t9-/m1/s1. The molecule has 0 aliphatic carbocycles. The molecule has 0 aliphatic heterocycles. The summed E-state index contributed by atoms with van der Waals surface area (Å²) in [5.41, 5.74) is 0.841. The summed E-state index contributed by atoms with van der Waals surface area (Å²) in [7, 11) is 0. The summed E-state index contributed by atoms with van der Waals surface area (Å²) in [5, 5.41) is 17.8. The molecule has 1 aromatic carbocycles. The van der Waals surface area contributed by atoms with Gasteiger partial charge in [-0.15, -0.1) is 0 Å². The highest BCUT2D eigenvalue weighted by molar-refractivity contribution is 6.30. The second kappa shape index (κ2) is 4.50. The van der Waals surface area contributed by atoms with E-state index in [4.69, 9.17) is 22.1 Å². The molecule has 0 radical (unpaired) electrons. The summed E-state index contributed by atoms with van der Waals surface area (Å²) < 4.78 is 0. The molecular formula is C10H7ClN2. The van der Waals surface area contributed by atoms with Gasteiger partial charge < -0.3 is 0 Å². The topological polar surface area (TPSA) is 47.6 Å². The van der Waals surface area contributed by atoms with Crippen LogP contribution in [0.15, 0.2) is 24.3 Å². The Morgan fingerprint density at radius 2 is 1.85 bits per heavy atom. The van der Waals surface area contributed by atoms with Crippen molar-refractivity contribution in [2.24, 2.45) is 0 Å². The Labute approximate surface area is 82.0 Å². The summed E-state index contributed by atoms with van der Waals surface area (Å²) in [6, 6.07) is 11.0. The van der Waals surface area contributed by atoms with E-state index in [9.17, 15) is 0 Å². The third-order valence-corrected chi connectivity index (χ3v) is 1.98. The quantitative estimate of drug-likeness (QED) is 0.720. The Bertz CT molecular complexity index is 356. The van der Waals surface area contributed by atoms with Gasteiger partial charge in [0.05, 0.1) is 24.5 Å². The van der Waals surface area contributed by atoms with Crippen molar-refractivity contribution in [1.82, 2.24) is 0 Å². The predicted molar refractivity (Wildman–Crippen MR) is 50.0 cm³/mol. The SMILES string of the molecule is N#CC[C@H](C#N)c1ccc(Cl)cc1. The molecule has 0 saturated carbocycles. The van der Waals surface area contributed by atoms with Crippen LogP contribution in [-0.4, -0.2) is 0 Å². The molecule has 0 unspecified atom stereocenters. The molecule has 0 aliphatic rings. The first-order chi connectivity index (χ1) is 6.27.